The van der Waals surface area contributed by atoms with Crippen LogP contribution in [0.15, 0.2) is 58.2 Å². The number of hydrogen-bond donors (Lipinski definition) is 0. The Balaban J connectivity index is 1.48. The Morgan fingerprint density at radius 1 is 1.08 bits per heavy atom. The van der Waals surface area contributed by atoms with Crippen molar-refractivity contribution in [2.24, 2.45) is 0 Å². The van der Waals surface area contributed by atoms with Gasteiger partial charge in [0.05, 0.1) is 18.2 Å². The summed E-state index contributed by atoms with van der Waals surface area (Å²) in [5.41, 5.74) is 2.72. The van der Waals surface area contributed by atoms with Gasteiger partial charge in [-0.3, -0.25) is 0 Å². The molecule has 0 unspecified atom stereocenters. The highest BCUT2D eigenvalue weighted by Crippen LogP contribution is 2.23. The summed E-state index contributed by atoms with van der Waals surface area (Å²) in [6, 6.07) is 17.1. The maximum Gasteiger partial charge on any atom is 0.276 e. The Morgan fingerprint density at radius 3 is 2.54 bits per heavy atom. The summed E-state index contributed by atoms with van der Waals surface area (Å²) in [6.45, 7) is 2.55. The molecule has 0 saturated heterocycles. The second kappa shape index (κ2) is 7.66. The fourth-order valence-corrected chi connectivity index (χ4v) is 2.57. The lowest BCUT2D eigenvalue weighted by molar-refractivity contribution is 0.343. The van der Waals surface area contributed by atoms with Crippen molar-refractivity contribution in [3.63, 3.8) is 0 Å². The second-order valence-corrected chi connectivity index (χ2v) is 6.12. The van der Waals surface area contributed by atoms with Crippen LogP contribution in [0.5, 0.6) is 5.75 Å². The van der Waals surface area contributed by atoms with Gasteiger partial charge in [0.1, 0.15) is 5.75 Å². The topological polar surface area (TPSA) is 71.9 Å². The van der Waals surface area contributed by atoms with E-state index in [2.05, 4.69) is 16.3 Å². The fourth-order valence-electron chi connectivity index (χ4n) is 2.00. The molecule has 0 aliphatic heterocycles. The molecule has 0 radical (unpaired) electrons. The molecule has 0 amide bonds. The summed E-state index contributed by atoms with van der Waals surface area (Å²) in [6.07, 6.45) is 0. The van der Waals surface area contributed by atoms with Crippen molar-refractivity contribution in [1.29, 1.82) is 5.26 Å². The first-order valence-electron chi connectivity index (χ1n) is 7.41. The summed E-state index contributed by atoms with van der Waals surface area (Å²) < 4.78 is 11.3. The van der Waals surface area contributed by atoms with Crippen LogP contribution in [0.2, 0.25) is 0 Å². The average molecular weight is 337 g/mol. The predicted molar refractivity (Wildman–Crippen MR) is 91.8 cm³/mol. The highest BCUT2D eigenvalue weighted by atomic mass is 32.2. The molecule has 0 atom stereocenters. The van der Waals surface area contributed by atoms with Gasteiger partial charge in [-0.2, -0.15) is 5.26 Å². The lowest BCUT2D eigenvalue weighted by atomic mass is 10.1. The third-order valence-electron chi connectivity index (χ3n) is 3.27. The van der Waals surface area contributed by atoms with E-state index in [4.69, 9.17) is 14.4 Å². The zero-order valence-corrected chi connectivity index (χ0v) is 13.9. The van der Waals surface area contributed by atoms with Crippen LogP contribution < -0.4 is 4.74 Å². The highest BCUT2D eigenvalue weighted by Gasteiger charge is 2.08. The molecule has 2 aromatic carbocycles. The molecule has 0 spiro atoms. The van der Waals surface area contributed by atoms with Crippen molar-refractivity contribution in [1.82, 2.24) is 10.2 Å². The molecule has 3 rings (SSSR count). The number of nitriles is 1. The van der Waals surface area contributed by atoms with E-state index >= 15 is 0 Å². The molecular weight excluding hydrogens is 322 g/mol. The molecule has 0 bridgehead atoms. The Hall–Kier alpha value is -2.78. The van der Waals surface area contributed by atoms with E-state index in [1.54, 1.807) is 24.3 Å². The van der Waals surface area contributed by atoms with E-state index in [9.17, 15) is 0 Å². The average Bonchev–Trinajstić information content (AvgIpc) is 3.09. The van der Waals surface area contributed by atoms with Gasteiger partial charge in [-0.05, 0) is 43.3 Å². The zero-order valence-electron chi connectivity index (χ0n) is 13.1. The van der Waals surface area contributed by atoms with Gasteiger partial charge in [-0.15, -0.1) is 10.2 Å². The van der Waals surface area contributed by atoms with E-state index in [1.165, 1.54) is 17.3 Å². The van der Waals surface area contributed by atoms with Crippen LogP contribution in [0.1, 0.15) is 11.1 Å². The number of ether oxygens (including phenoxy) is 1. The lowest BCUT2D eigenvalue weighted by Gasteiger charge is -2.04. The Morgan fingerprint density at radius 2 is 1.83 bits per heavy atom. The molecule has 6 heteroatoms. The maximum absolute atomic E-state index is 8.75. The maximum atomic E-state index is 8.75. The normalized spacial score (nSPS) is 10.3. The quantitative estimate of drug-likeness (QED) is 0.498. The molecule has 0 aliphatic rings. The second-order valence-electron chi connectivity index (χ2n) is 5.07. The van der Waals surface area contributed by atoms with Gasteiger partial charge in [-0.25, -0.2) is 0 Å². The predicted octanol–water partition coefficient (Wildman–Crippen LogP) is 4.09. The third kappa shape index (κ3) is 4.15. The van der Waals surface area contributed by atoms with Crippen molar-refractivity contribution in [3.8, 4) is 23.3 Å². The number of thioether (sulfide) groups is 1. The molecule has 24 heavy (non-hydrogen) atoms. The number of aromatic nitrogens is 2. The minimum atomic E-state index is 0.513. The number of hydrogen-bond acceptors (Lipinski definition) is 6. The van der Waals surface area contributed by atoms with Crippen LogP contribution in [-0.2, 0) is 0 Å². The fraction of sp³-hybridized carbons (Fsp3) is 0.167. The van der Waals surface area contributed by atoms with E-state index < -0.39 is 0 Å². The number of rotatable bonds is 6. The highest BCUT2D eigenvalue weighted by molar-refractivity contribution is 7.99. The van der Waals surface area contributed by atoms with Crippen molar-refractivity contribution in [2.75, 3.05) is 12.4 Å². The standard InChI is InChI=1S/C18H15N3O2S/c1-13-2-6-15(7-3-13)17-20-21-18(23-17)24-11-10-22-16-8-4-14(12-19)5-9-16/h2-9H,10-11H2,1H3. The van der Waals surface area contributed by atoms with E-state index in [-0.39, 0.29) is 0 Å². The largest absolute Gasteiger partial charge is 0.493 e. The third-order valence-corrected chi connectivity index (χ3v) is 4.05. The Labute approximate surface area is 144 Å². The molecular formula is C18H15N3O2S. The van der Waals surface area contributed by atoms with E-state index in [0.29, 0.717) is 29.0 Å². The molecule has 1 heterocycles. The smallest absolute Gasteiger partial charge is 0.276 e. The molecule has 0 N–H and O–H groups in total. The van der Waals surface area contributed by atoms with Crippen LogP contribution in [0.25, 0.3) is 11.5 Å². The first-order valence-corrected chi connectivity index (χ1v) is 8.39. The first-order chi connectivity index (χ1) is 11.7. The van der Waals surface area contributed by atoms with Crippen LogP contribution in [0, 0.1) is 18.3 Å². The summed E-state index contributed by atoms with van der Waals surface area (Å²) in [5.74, 6) is 1.95. The van der Waals surface area contributed by atoms with Crippen molar-refractivity contribution in [3.05, 3.63) is 59.7 Å². The van der Waals surface area contributed by atoms with Gasteiger partial charge in [0.2, 0.25) is 5.89 Å². The summed E-state index contributed by atoms with van der Waals surface area (Å²) >= 11 is 1.45. The van der Waals surface area contributed by atoms with Crippen LogP contribution >= 0.6 is 11.8 Å². The SMILES string of the molecule is Cc1ccc(-c2nnc(SCCOc3ccc(C#N)cc3)o2)cc1. The molecule has 0 aliphatic carbocycles. The minimum Gasteiger partial charge on any atom is -0.493 e. The van der Waals surface area contributed by atoms with Crippen molar-refractivity contribution in [2.45, 2.75) is 12.1 Å². The Kier molecular flexibility index (Phi) is 5.14. The number of nitrogens with zero attached hydrogens (tertiary/aromatic N) is 3. The summed E-state index contributed by atoms with van der Waals surface area (Å²) in [4.78, 5) is 0. The van der Waals surface area contributed by atoms with Crippen LogP contribution in [-0.4, -0.2) is 22.6 Å². The number of benzene rings is 2. The summed E-state index contributed by atoms with van der Waals surface area (Å²) in [5, 5.41) is 17.4. The van der Waals surface area contributed by atoms with Gasteiger partial charge in [-0.1, -0.05) is 29.5 Å². The minimum absolute atomic E-state index is 0.513. The van der Waals surface area contributed by atoms with Gasteiger partial charge >= 0.3 is 0 Å². The van der Waals surface area contributed by atoms with Gasteiger partial charge in [0.15, 0.2) is 0 Å². The van der Waals surface area contributed by atoms with Crippen molar-refractivity contribution < 1.29 is 9.15 Å². The summed E-state index contributed by atoms with van der Waals surface area (Å²) in [7, 11) is 0. The zero-order chi connectivity index (χ0) is 16.8. The van der Waals surface area contributed by atoms with E-state index in [1.807, 2.05) is 31.2 Å². The molecule has 0 fully saturated rings. The van der Waals surface area contributed by atoms with E-state index in [0.717, 1.165) is 11.3 Å². The monoisotopic (exact) mass is 337 g/mol. The Bertz CT molecular complexity index is 836. The number of aryl methyl sites for hydroxylation is 1. The van der Waals surface area contributed by atoms with Gasteiger partial charge < -0.3 is 9.15 Å². The van der Waals surface area contributed by atoms with Crippen LogP contribution in [0.4, 0.5) is 0 Å². The first kappa shape index (κ1) is 16.1. The van der Waals surface area contributed by atoms with Crippen molar-refractivity contribution >= 4 is 11.8 Å². The molecule has 3 aromatic rings. The molecule has 1 aromatic heterocycles. The van der Waals surface area contributed by atoms with Crippen LogP contribution in [0.3, 0.4) is 0 Å². The van der Waals surface area contributed by atoms with Gasteiger partial charge in [0.25, 0.3) is 5.22 Å². The lowest BCUT2D eigenvalue weighted by Crippen LogP contribution is -1.99. The van der Waals surface area contributed by atoms with Gasteiger partial charge in [0, 0.05) is 11.3 Å². The molecule has 0 saturated carbocycles. The molecule has 5 nitrogen and oxygen atoms in total. The molecule has 120 valence electrons.